The maximum Gasteiger partial charge on any atom is 0.258 e. The van der Waals surface area contributed by atoms with Crippen molar-refractivity contribution in [2.24, 2.45) is 0 Å². The summed E-state index contributed by atoms with van der Waals surface area (Å²) in [5, 5.41) is 5.61. The Morgan fingerprint density at radius 2 is 1.86 bits per heavy atom. The van der Waals surface area contributed by atoms with Crippen molar-refractivity contribution in [1.82, 2.24) is 24.5 Å². The van der Waals surface area contributed by atoms with E-state index in [0.29, 0.717) is 22.9 Å². The van der Waals surface area contributed by atoms with Crippen LogP contribution in [0.25, 0.3) is 27.6 Å². The molecule has 8 heteroatoms. The van der Waals surface area contributed by atoms with E-state index in [2.05, 4.69) is 25.3 Å². The van der Waals surface area contributed by atoms with E-state index in [9.17, 15) is 4.79 Å². The number of rotatable bonds is 4. The van der Waals surface area contributed by atoms with Crippen molar-refractivity contribution >= 4 is 33.3 Å². The molecule has 1 amide bonds. The number of carbonyl (C=O) groups is 1. The van der Waals surface area contributed by atoms with Crippen molar-refractivity contribution in [3.05, 3.63) is 84.3 Å². The fourth-order valence-corrected chi connectivity index (χ4v) is 3.66. The summed E-state index contributed by atoms with van der Waals surface area (Å²) in [6.07, 6.45) is 7.04. The van der Waals surface area contributed by atoms with Crippen molar-refractivity contribution in [2.45, 2.75) is 0 Å². The molecule has 0 aliphatic rings. The van der Waals surface area contributed by atoms with Crippen LogP contribution in [0.15, 0.2) is 78.7 Å². The first-order valence-corrected chi connectivity index (χ1v) is 9.73. The van der Waals surface area contributed by atoms with Gasteiger partial charge in [-0.15, -0.1) is 11.3 Å². The number of nitrogens with one attached hydrogen (secondary N) is 1. The van der Waals surface area contributed by atoms with Gasteiger partial charge in [-0.1, -0.05) is 6.07 Å². The van der Waals surface area contributed by atoms with Gasteiger partial charge in [-0.2, -0.15) is 0 Å². The van der Waals surface area contributed by atoms with Gasteiger partial charge in [-0.3, -0.25) is 9.78 Å². The maximum absolute atomic E-state index is 12.8. The van der Waals surface area contributed by atoms with Gasteiger partial charge in [0, 0.05) is 24.8 Å². The van der Waals surface area contributed by atoms with Crippen molar-refractivity contribution < 1.29 is 4.79 Å². The first-order valence-electron chi connectivity index (χ1n) is 8.85. The van der Waals surface area contributed by atoms with Crippen LogP contribution in [-0.4, -0.2) is 30.4 Å². The van der Waals surface area contributed by atoms with E-state index in [1.165, 1.54) is 11.3 Å². The van der Waals surface area contributed by atoms with Gasteiger partial charge >= 0.3 is 0 Å². The van der Waals surface area contributed by atoms with Gasteiger partial charge in [0.05, 0.1) is 10.9 Å². The molecule has 29 heavy (non-hydrogen) atoms. The first kappa shape index (κ1) is 17.2. The molecule has 0 radical (unpaired) electrons. The smallest absolute Gasteiger partial charge is 0.258 e. The SMILES string of the molecule is O=C(Nc1nc(-c2ccccn2)nc2sccc12)c1ccc(-n2cccc2)nc1. The number of carbonyl (C=O) groups excluding carboxylic acids is 1. The summed E-state index contributed by atoms with van der Waals surface area (Å²) >= 11 is 1.49. The fraction of sp³-hybridized carbons (Fsp3) is 0. The van der Waals surface area contributed by atoms with Gasteiger partial charge in [0.2, 0.25) is 0 Å². The third-order valence-corrected chi connectivity index (χ3v) is 5.14. The molecule has 0 saturated heterocycles. The second-order valence-electron chi connectivity index (χ2n) is 6.20. The van der Waals surface area contributed by atoms with E-state index in [-0.39, 0.29) is 5.91 Å². The van der Waals surface area contributed by atoms with Crippen LogP contribution in [0.5, 0.6) is 0 Å². The average molecular weight is 398 g/mol. The molecule has 7 nitrogen and oxygen atoms in total. The summed E-state index contributed by atoms with van der Waals surface area (Å²) in [5.41, 5.74) is 1.10. The largest absolute Gasteiger partial charge is 0.309 e. The number of nitrogens with zero attached hydrogens (tertiary/aromatic N) is 5. The van der Waals surface area contributed by atoms with Crippen LogP contribution in [0.3, 0.4) is 0 Å². The number of hydrogen-bond acceptors (Lipinski definition) is 6. The number of anilines is 1. The topological polar surface area (TPSA) is 85.6 Å². The van der Waals surface area contributed by atoms with Gasteiger partial charge < -0.3 is 9.88 Å². The molecule has 0 atom stereocenters. The van der Waals surface area contributed by atoms with Gasteiger partial charge in [-0.25, -0.2) is 15.0 Å². The summed E-state index contributed by atoms with van der Waals surface area (Å²) in [7, 11) is 0. The van der Waals surface area contributed by atoms with E-state index in [1.807, 2.05) is 58.7 Å². The molecular weight excluding hydrogens is 384 g/mol. The Labute approximate surface area is 169 Å². The highest BCUT2D eigenvalue weighted by Gasteiger charge is 2.15. The molecule has 0 saturated carbocycles. The van der Waals surface area contributed by atoms with Crippen molar-refractivity contribution in [2.75, 3.05) is 5.32 Å². The highest BCUT2D eigenvalue weighted by atomic mass is 32.1. The zero-order valence-electron chi connectivity index (χ0n) is 15.1. The Morgan fingerprint density at radius 3 is 2.62 bits per heavy atom. The van der Waals surface area contributed by atoms with Crippen LogP contribution in [0.4, 0.5) is 5.82 Å². The summed E-state index contributed by atoms with van der Waals surface area (Å²) in [4.78, 5) is 31.4. The van der Waals surface area contributed by atoms with Crippen molar-refractivity contribution in [1.29, 1.82) is 0 Å². The van der Waals surface area contributed by atoms with Crippen molar-refractivity contribution in [3.63, 3.8) is 0 Å². The van der Waals surface area contributed by atoms with E-state index >= 15 is 0 Å². The molecular formula is C21H14N6OS. The summed E-state index contributed by atoms with van der Waals surface area (Å²) in [6.45, 7) is 0. The summed E-state index contributed by atoms with van der Waals surface area (Å²) in [6, 6.07) is 14.8. The van der Waals surface area contributed by atoms with E-state index in [4.69, 9.17) is 0 Å². The Bertz CT molecular complexity index is 1280. The Kier molecular flexibility index (Phi) is 4.30. The number of thiophene rings is 1. The van der Waals surface area contributed by atoms with Crippen LogP contribution >= 0.6 is 11.3 Å². The Morgan fingerprint density at radius 1 is 0.966 bits per heavy atom. The zero-order valence-corrected chi connectivity index (χ0v) is 15.9. The maximum atomic E-state index is 12.8. The first-order chi connectivity index (χ1) is 14.3. The van der Waals surface area contributed by atoms with Crippen LogP contribution in [0.1, 0.15) is 10.4 Å². The average Bonchev–Trinajstić information content (AvgIpc) is 3.46. The third-order valence-electron chi connectivity index (χ3n) is 4.33. The normalized spacial score (nSPS) is 10.9. The van der Waals surface area contributed by atoms with Crippen molar-refractivity contribution in [3.8, 4) is 17.3 Å². The predicted molar refractivity (Wildman–Crippen MR) is 112 cm³/mol. The van der Waals surface area contributed by atoms with Crippen LogP contribution in [-0.2, 0) is 0 Å². The molecule has 0 aliphatic heterocycles. The molecule has 0 fully saturated rings. The highest BCUT2D eigenvalue weighted by Crippen LogP contribution is 2.28. The molecule has 0 aliphatic carbocycles. The molecule has 140 valence electrons. The zero-order chi connectivity index (χ0) is 19.6. The minimum Gasteiger partial charge on any atom is -0.309 e. The second-order valence-corrected chi connectivity index (χ2v) is 7.09. The molecule has 5 aromatic heterocycles. The molecule has 5 aromatic rings. The minimum absolute atomic E-state index is 0.283. The minimum atomic E-state index is -0.283. The van der Waals surface area contributed by atoms with Gasteiger partial charge in [0.1, 0.15) is 22.2 Å². The van der Waals surface area contributed by atoms with Gasteiger partial charge in [0.15, 0.2) is 5.82 Å². The lowest BCUT2D eigenvalue weighted by Gasteiger charge is -2.08. The number of pyridine rings is 2. The Balaban J connectivity index is 1.46. The Hall–Kier alpha value is -3.91. The molecule has 5 heterocycles. The number of amides is 1. The van der Waals surface area contributed by atoms with E-state index in [1.54, 1.807) is 24.5 Å². The number of fused-ring (bicyclic) bond motifs is 1. The van der Waals surface area contributed by atoms with Gasteiger partial charge in [0.25, 0.3) is 5.91 Å². The lowest BCUT2D eigenvalue weighted by molar-refractivity contribution is 0.102. The lowest BCUT2D eigenvalue weighted by atomic mass is 10.2. The highest BCUT2D eigenvalue weighted by molar-refractivity contribution is 7.16. The monoisotopic (exact) mass is 398 g/mol. The van der Waals surface area contributed by atoms with E-state index in [0.717, 1.165) is 16.0 Å². The molecule has 5 rings (SSSR count). The number of hydrogen-bond donors (Lipinski definition) is 1. The molecule has 0 spiro atoms. The summed E-state index contributed by atoms with van der Waals surface area (Å²) < 4.78 is 1.88. The van der Waals surface area contributed by atoms with Crippen LogP contribution < -0.4 is 5.32 Å². The van der Waals surface area contributed by atoms with Crippen LogP contribution in [0, 0.1) is 0 Å². The standard InChI is InChI=1S/C21H14N6OS/c28-20(14-6-7-17(23-13-14)27-10-3-4-11-27)25-18-15-8-12-29-21(15)26-19(24-18)16-5-1-2-9-22-16/h1-13H,(H,24,25,26,28). The fourth-order valence-electron chi connectivity index (χ4n) is 2.90. The molecule has 1 N–H and O–H groups in total. The molecule has 0 unspecified atom stereocenters. The summed E-state index contributed by atoms with van der Waals surface area (Å²) in [5.74, 6) is 1.38. The second kappa shape index (κ2) is 7.25. The van der Waals surface area contributed by atoms with Crippen LogP contribution in [0.2, 0.25) is 0 Å². The van der Waals surface area contributed by atoms with E-state index < -0.39 is 0 Å². The molecule has 0 bridgehead atoms. The molecule has 0 aromatic carbocycles. The predicted octanol–water partition coefficient (Wildman–Crippen LogP) is 4.19. The third kappa shape index (κ3) is 3.37. The van der Waals surface area contributed by atoms with Gasteiger partial charge in [-0.05, 0) is 47.8 Å². The lowest BCUT2D eigenvalue weighted by Crippen LogP contribution is -2.14. The number of aromatic nitrogens is 5. The quantitative estimate of drug-likeness (QED) is 0.491.